The van der Waals surface area contributed by atoms with E-state index in [9.17, 15) is 9.18 Å². The van der Waals surface area contributed by atoms with Gasteiger partial charge in [0.25, 0.3) is 6.30 Å². The summed E-state index contributed by atoms with van der Waals surface area (Å²) < 4.78 is 14.9. The third-order valence-electron chi connectivity index (χ3n) is 2.45. The van der Waals surface area contributed by atoms with Crippen LogP contribution in [0.1, 0.15) is 37.4 Å². The summed E-state index contributed by atoms with van der Waals surface area (Å²) in [5.41, 5.74) is 0.325. The van der Waals surface area contributed by atoms with E-state index in [0.717, 1.165) is 9.58 Å². The van der Waals surface area contributed by atoms with Crippen LogP contribution >= 0.6 is 11.8 Å². The summed E-state index contributed by atoms with van der Waals surface area (Å²) in [6.07, 6.45) is 0.550. The van der Waals surface area contributed by atoms with Gasteiger partial charge in [-0.3, -0.25) is 4.79 Å². The molecule has 0 aliphatic heterocycles. The van der Waals surface area contributed by atoms with Gasteiger partial charge >= 0.3 is 0 Å². The van der Waals surface area contributed by atoms with Crippen LogP contribution < -0.4 is 0 Å². The van der Waals surface area contributed by atoms with Crippen molar-refractivity contribution in [3.05, 3.63) is 42.5 Å². The smallest absolute Gasteiger partial charge is 0.255 e. The number of alkyl halides is 1. The molecule has 0 N–H and O–H groups in total. The predicted octanol–water partition coefficient (Wildman–Crippen LogP) is 3.52. The van der Waals surface area contributed by atoms with Crippen molar-refractivity contribution in [3.8, 4) is 0 Å². The number of aromatic nitrogens is 3. The molecule has 1 aromatic carbocycles. The van der Waals surface area contributed by atoms with Gasteiger partial charge in [-0.25, -0.2) is 14.1 Å². The zero-order valence-corrected chi connectivity index (χ0v) is 12.4. The lowest BCUT2D eigenvalue weighted by Crippen LogP contribution is -2.16. The van der Waals surface area contributed by atoms with Gasteiger partial charge in [0.15, 0.2) is 0 Å². The molecule has 0 aliphatic carbocycles. The average Bonchev–Trinajstić information content (AvgIpc) is 2.90. The minimum Gasteiger partial charge on any atom is -0.289 e. The van der Waals surface area contributed by atoms with E-state index < -0.39 is 12.1 Å². The number of benzene rings is 1. The number of ketones is 1. The maximum absolute atomic E-state index is 13.9. The van der Waals surface area contributed by atoms with Crippen LogP contribution in [0, 0.1) is 0 Å². The molecule has 20 heavy (non-hydrogen) atoms. The SMILES string of the molecule is CC(C)(C)Sc1ccc(C(=O)C(F)n2cncn2)cc1. The highest BCUT2D eigenvalue weighted by atomic mass is 32.2. The largest absolute Gasteiger partial charge is 0.289 e. The molecule has 1 unspecified atom stereocenters. The summed E-state index contributed by atoms with van der Waals surface area (Å²) in [7, 11) is 0. The van der Waals surface area contributed by atoms with Gasteiger partial charge in [0.2, 0.25) is 5.78 Å². The summed E-state index contributed by atoms with van der Waals surface area (Å²) in [5.74, 6) is -0.622. The summed E-state index contributed by atoms with van der Waals surface area (Å²) in [5, 5.41) is 3.63. The third-order valence-corrected chi connectivity index (χ3v) is 3.57. The Hall–Kier alpha value is -1.69. The molecule has 1 heterocycles. The lowest BCUT2D eigenvalue weighted by molar-refractivity contribution is 0.0778. The second-order valence-corrected chi connectivity index (χ2v) is 7.21. The molecule has 0 aliphatic rings. The van der Waals surface area contributed by atoms with Crippen molar-refractivity contribution in [1.82, 2.24) is 14.8 Å². The molecule has 2 aromatic rings. The van der Waals surface area contributed by atoms with E-state index in [1.165, 1.54) is 12.7 Å². The molecule has 1 atom stereocenters. The minimum absolute atomic E-state index is 0.0921. The van der Waals surface area contributed by atoms with Crippen molar-refractivity contribution >= 4 is 17.5 Å². The molecule has 2 rings (SSSR count). The fraction of sp³-hybridized carbons (Fsp3) is 0.357. The molecule has 0 fully saturated rings. The Morgan fingerprint density at radius 2 is 1.95 bits per heavy atom. The van der Waals surface area contributed by atoms with Crippen LogP contribution in [-0.4, -0.2) is 25.3 Å². The maximum Gasteiger partial charge on any atom is 0.255 e. The van der Waals surface area contributed by atoms with Gasteiger partial charge in [0.1, 0.15) is 12.7 Å². The zero-order valence-electron chi connectivity index (χ0n) is 11.6. The number of hydrogen-bond acceptors (Lipinski definition) is 4. The molecular formula is C14H16FN3OS. The number of carbonyl (C=O) groups excluding carboxylic acids is 1. The van der Waals surface area contributed by atoms with E-state index in [4.69, 9.17) is 0 Å². The standard InChI is InChI=1S/C14H16FN3OS/c1-14(2,3)20-11-6-4-10(5-7-11)12(19)13(15)18-9-16-8-17-18/h4-9,13H,1-3H3. The summed E-state index contributed by atoms with van der Waals surface area (Å²) >= 11 is 1.69. The summed E-state index contributed by atoms with van der Waals surface area (Å²) in [4.78, 5) is 16.6. The number of rotatable bonds is 4. The molecule has 0 spiro atoms. The Kier molecular flexibility index (Phi) is 4.23. The first-order valence-electron chi connectivity index (χ1n) is 6.18. The van der Waals surface area contributed by atoms with Gasteiger partial charge in [-0.15, -0.1) is 11.8 Å². The van der Waals surface area contributed by atoms with Crippen LogP contribution in [0.25, 0.3) is 0 Å². The molecule has 0 radical (unpaired) electrons. The van der Waals surface area contributed by atoms with Gasteiger partial charge in [0.05, 0.1) is 0 Å². The van der Waals surface area contributed by atoms with Crippen molar-refractivity contribution in [2.45, 2.75) is 36.7 Å². The highest BCUT2D eigenvalue weighted by Crippen LogP contribution is 2.32. The lowest BCUT2D eigenvalue weighted by Gasteiger charge is -2.17. The number of Topliss-reactive ketones (excluding diaryl/α,β-unsaturated/α-hetero) is 1. The molecule has 6 heteroatoms. The molecule has 0 saturated carbocycles. The highest BCUT2D eigenvalue weighted by Gasteiger charge is 2.21. The Morgan fingerprint density at radius 3 is 2.45 bits per heavy atom. The molecule has 0 amide bonds. The van der Waals surface area contributed by atoms with Crippen LogP contribution in [0.5, 0.6) is 0 Å². The number of halogens is 1. The first-order chi connectivity index (χ1) is 9.37. The molecule has 1 aromatic heterocycles. The van der Waals surface area contributed by atoms with Gasteiger partial charge in [-0.2, -0.15) is 5.10 Å². The van der Waals surface area contributed by atoms with Crippen molar-refractivity contribution in [1.29, 1.82) is 0 Å². The van der Waals surface area contributed by atoms with E-state index >= 15 is 0 Å². The lowest BCUT2D eigenvalue weighted by atomic mass is 10.1. The quantitative estimate of drug-likeness (QED) is 0.639. The monoisotopic (exact) mass is 293 g/mol. The second kappa shape index (κ2) is 5.75. The Bertz CT molecular complexity index is 575. The van der Waals surface area contributed by atoms with Crippen molar-refractivity contribution < 1.29 is 9.18 Å². The van der Waals surface area contributed by atoms with E-state index in [0.29, 0.717) is 5.56 Å². The highest BCUT2D eigenvalue weighted by molar-refractivity contribution is 8.00. The molecule has 106 valence electrons. The van der Waals surface area contributed by atoms with Crippen LogP contribution in [0.3, 0.4) is 0 Å². The van der Waals surface area contributed by atoms with Crippen LogP contribution in [-0.2, 0) is 0 Å². The maximum atomic E-state index is 13.9. The third kappa shape index (κ3) is 3.66. The van der Waals surface area contributed by atoms with Gasteiger partial charge in [0, 0.05) is 15.2 Å². The summed E-state index contributed by atoms with van der Waals surface area (Å²) in [6.45, 7) is 6.33. The van der Waals surface area contributed by atoms with Crippen molar-refractivity contribution in [2.75, 3.05) is 0 Å². The molecule has 4 nitrogen and oxygen atoms in total. The Morgan fingerprint density at radius 1 is 1.30 bits per heavy atom. The fourth-order valence-corrected chi connectivity index (χ4v) is 2.61. The van der Waals surface area contributed by atoms with E-state index in [1.54, 1.807) is 23.9 Å². The van der Waals surface area contributed by atoms with Crippen LogP contribution in [0.15, 0.2) is 41.8 Å². The number of thioether (sulfide) groups is 1. The molecule has 0 saturated heterocycles. The Balaban J connectivity index is 2.12. The first-order valence-corrected chi connectivity index (χ1v) is 7.00. The number of hydrogen-bond donors (Lipinski definition) is 0. The van der Waals surface area contributed by atoms with Crippen molar-refractivity contribution in [2.24, 2.45) is 0 Å². The van der Waals surface area contributed by atoms with E-state index in [-0.39, 0.29) is 4.75 Å². The summed E-state index contributed by atoms with van der Waals surface area (Å²) in [6, 6.07) is 6.94. The van der Waals surface area contributed by atoms with Crippen molar-refractivity contribution in [3.63, 3.8) is 0 Å². The molecular weight excluding hydrogens is 277 g/mol. The average molecular weight is 293 g/mol. The van der Waals surface area contributed by atoms with Gasteiger partial charge in [-0.1, -0.05) is 32.9 Å². The first kappa shape index (κ1) is 14.7. The van der Waals surface area contributed by atoms with Gasteiger partial charge in [-0.05, 0) is 12.1 Å². The van der Waals surface area contributed by atoms with Crippen LogP contribution in [0.2, 0.25) is 0 Å². The van der Waals surface area contributed by atoms with Gasteiger partial charge < -0.3 is 0 Å². The second-order valence-electron chi connectivity index (χ2n) is 5.31. The molecule has 0 bridgehead atoms. The van der Waals surface area contributed by atoms with E-state index in [1.807, 2.05) is 12.1 Å². The normalized spacial score (nSPS) is 13.2. The Labute approximate surface area is 121 Å². The minimum atomic E-state index is -1.83. The fourth-order valence-electron chi connectivity index (χ4n) is 1.63. The predicted molar refractivity (Wildman–Crippen MR) is 76.5 cm³/mol. The van der Waals surface area contributed by atoms with Crippen LogP contribution in [0.4, 0.5) is 4.39 Å². The zero-order chi connectivity index (χ0) is 14.8. The number of carbonyl (C=O) groups is 1. The van der Waals surface area contributed by atoms with E-state index in [2.05, 4.69) is 30.9 Å². The number of nitrogens with zero attached hydrogens (tertiary/aromatic N) is 3. The topological polar surface area (TPSA) is 47.8 Å².